The molecule has 1 aromatic rings. The number of amidine groups is 1. The van der Waals surface area contributed by atoms with Crippen LogP contribution < -0.4 is 4.90 Å². The molecule has 3 heterocycles. The van der Waals surface area contributed by atoms with Crippen molar-refractivity contribution in [2.75, 3.05) is 24.5 Å². The van der Waals surface area contributed by atoms with Crippen LogP contribution in [-0.2, 0) is 0 Å². The van der Waals surface area contributed by atoms with Gasteiger partial charge in [-0.15, -0.1) is 5.92 Å². The fourth-order valence-electron chi connectivity index (χ4n) is 5.67. The summed E-state index contributed by atoms with van der Waals surface area (Å²) in [5.41, 5.74) is 0.0699. The van der Waals surface area contributed by atoms with Gasteiger partial charge in [0.1, 0.15) is 17.2 Å². The molecule has 2 saturated heterocycles. The fourth-order valence-corrected chi connectivity index (χ4v) is 5.67. The molecule has 0 aliphatic carbocycles. The van der Waals surface area contributed by atoms with Crippen molar-refractivity contribution < 1.29 is 9.18 Å². The Balaban J connectivity index is 1.73. The van der Waals surface area contributed by atoms with Gasteiger partial charge in [0.25, 0.3) is 0 Å². The number of hydrogen-bond donors (Lipinski definition) is 0. The molecule has 3 aliphatic heterocycles. The van der Waals surface area contributed by atoms with Crippen molar-refractivity contribution in [2.24, 2.45) is 4.99 Å². The maximum Gasteiger partial charge on any atom is 0.350 e. The van der Waals surface area contributed by atoms with Crippen molar-refractivity contribution in [1.82, 2.24) is 9.80 Å². The summed E-state index contributed by atoms with van der Waals surface area (Å²) < 4.78 is 14.1. The molecule has 3 aliphatic rings. The molecule has 6 heteroatoms. The molecule has 0 aromatic heterocycles. The number of aliphatic imine (C=N–C) groups is 1. The van der Waals surface area contributed by atoms with Gasteiger partial charge in [-0.25, -0.2) is 9.18 Å². The zero-order chi connectivity index (χ0) is 22.0. The van der Waals surface area contributed by atoms with Gasteiger partial charge in [-0.3, -0.25) is 9.80 Å². The molecule has 166 valence electrons. The summed E-state index contributed by atoms with van der Waals surface area (Å²) in [6, 6.07) is 6.80. The maximum absolute atomic E-state index is 14.1. The average molecular weight is 425 g/mol. The first kappa shape index (κ1) is 21.8. The second-order valence-electron chi connectivity index (χ2n) is 9.04. The Bertz CT molecular complexity index is 920. The van der Waals surface area contributed by atoms with Crippen molar-refractivity contribution in [2.45, 2.75) is 76.9 Å². The van der Waals surface area contributed by atoms with Crippen LogP contribution in [0, 0.1) is 17.7 Å². The van der Waals surface area contributed by atoms with E-state index in [1.54, 1.807) is 11.0 Å². The van der Waals surface area contributed by atoms with Gasteiger partial charge in [0, 0.05) is 30.9 Å². The summed E-state index contributed by atoms with van der Waals surface area (Å²) in [4.78, 5) is 24.5. The first-order chi connectivity index (χ1) is 15.0. The number of carbonyl (C=O) groups is 1. The number of halogens is 1. The highest BCUT2D eigenvalue weighted by Crippen LogP contribution is 2.43. The standard InChI is InChI=1S/C25H33FN4O/c1-4-6-14-28-16-13-25(18-19(28)3)23(29-15-8-12-21(29)9-5-2)27-24(31)30(25)22-11-7-10-20(26)17-22/h7,10-11,17,19,21H,5,8-9,12-16,18H2,1-3H3/t19-,21?,25+/m0/s1. The van der Waals surface area contributed by atoms with E-state index in [0.29, 0.717) is 11.7 Å². The first-order valence-corrected chi connectivity index (χ1v) is 11.6. The molecule has 1 aromatic carbocycles. The van der Waals surface area contributed by atoms with Gasteiger partial charge < -0.3 is 4.90 Å². The maximum atomic E-state index is 14.1. The summed E-state index contributed by atoms with van der Waals surface area (Å²) in [5.74, 6) is 6.75. The quantitative estimate of drug-likeness (QED) is 0.659. The Labute approximate surface area is 185 Å². The second kappa shape index (κ2) is 9.00. The van der Waals surface area contributed by atoms with Crippen LogP contribution in [0.15, 0.2) is 29.3 Å². The minimum absolute atomic E-state index is 0.244. The summed E-state index contributed by atoms with van der Waals surface area (Å²) in [5, 5.41) is 0. The number of amides is 2. The zero-order valence-corrected chi connectivity index (χ0v) is 18.9. The number of carbonyl (C=O) groups excluding carboxylic acids is 1. The summed E-state index contributed by atoms with van der Waals surface area (Å²) >= 11 is 0. The minimum atomic E-state index is -0.531. The lowest BCUT2D eigenvalue weighted by Crippen LogP contribution is -2.64. The molecule has 2 amide bonds. The Hall–Kier alpha value is -2.39. The van der Waals surface area contributed by atoms with Crippen LogP contribution in [0.1, 0.15) is 59.3 Å². The smallest absolute Gasteiger partial charge is 0.350 e. The molecule has 4 rings (SSSR count). The van der Waals surface area contributed by atoms with E-state index in [-0.39, 0.29) is 17.9 Å². The third kappa shape index (κ3) is 3.96. The molecule has 3 atom stereocenters. The van der Waals surface area contributed by atoms with Crippen molar-refractivity contribution >= 4 is 17.6 Å². The highest BCUT2D eigenvalue weighted by molar-refractivity contribution is 6.16. The van der Waals surface area contributed by atoms with E-state index in [1.807, 2.05) is 13.0 Å². The molecule has 0 N–H and O–H groups in total. The first-order valence-electron chi connectivity index (χ1n) is 11.6. The molecule has 0 bridgehead atoms. The van der Waals surface area contributed by atoms with Crippen molar-refractivity contribution in [3.8, 4) is 11.8 Å². The number of anilines is 1. The van der Waals surface area contributed by atoms with Crippen molar-refractivity contribution in [3.05, 3.63) is 30.1 Å². The summed E-state index contributed by atoms with van der Waals surface area (Å²) in [6.45, 7) is 8.78. The molecule has 0 radical (unpaired) electrons. The molecular weight excluding hydrogens is 391 g/mol. The van der Waals surface area contributed by atoms with E-state index in [0.717, 1.165) is 64.0 Å². The number of likely N-dealkylation sites (tertiary alicyclic amines) is 2. The van der Waals surface area contributed by atoms with E-state index in [1.165, 1.54) is 12.1 Å². The third-order valence-corrected chi connectivity index (χ3v) is 7.10. The fraction of sp³-hybridized carbons (Fsp3) is 0.600. The number of rotatable bonds is 4. The van der Waals surface area contributed by atoms with Gasteiger partial charge in [0.05, 0.1) is 6.54 Å². The van der Waals surface area contributed by atoms with Crippen molar-refractivity contribution in [3.63, 3.8) is 0 Å². The van der Waals surface area contributed by atoms with Gasteiger partial charge >= 0.3 is 6.03 Å². The number of hydrogen-bond acceptors (Lipinski definition) is 3. The molecule has 2 fully saturated rings. The predicted octanol–water partition coefficient (Wildman–Crippen LogP) is 4.68. The highest BCUT2D eigenvalue weighted by Gasteiger charge is 2.56. The highest BCUT2D eigenvalue weighted by atomic mass is 19.1. The number of benzene rings is 1. The van der Waals surface area contributed by atoms with Gasteiger partial charge in [0.2, 0.25) is 0 Å². The molecule has 1 spiro atoms. The minimum Gasteiger partial charge on any atom is -0.355 e. The molecule has 1 unspecified atom stereocenters. The summed E-state index contributed by atoms with van der Waals surface area (Å²) in [6.07, 6.45) is 6.04. The largest absolute Gasteiger partial charge is 0.355 e. The van der Waals surface area contributed by atoms with Crippen molar-refractivity contribution in [1.29, 1.82) is 0 Å². The predicted molar refractivity (Wildman–Crippen MR) is 123 cm³/mol. The van der Waals surface area contributed by atoms with Gasteiger partial charge in [-0.05, 0) is 64.2 Å². The number of piperidine rings is 1. The Morgan fingerprint density at radius 1 is 1.32 bits per heavy atom. The normalized spacial score (nSPS) is 28.8. The summed E-state index contributed by atoms with van der Waals surface area (Å²) in [7, 11) is 0. The number of nitrogens with zero attached hydrogens (tertiary/aromatic N) is 4. The molecule has 0 saturated carbocycles. The SMILES string of the molecule is CC#CCN1CC[C@@]2(C[C@@H]1C)C(N1CCCC1CCC)=NC(=O)N2c1cccc(F)c1. The zero-order valence-electron chi connectivity index (χ0n) is 18.9. The second-order valence-corrected chi connectivity index (χ2v) is 9.04. The monoisotopic (exact) mass is 424 g/mol. The lowest BCUT2D eigenvalue weighted by molar-refractivity contribution is 0.140. The van der Waals surface area contributed by atoms with Gasteiger partial charge in [0.15, 0.2) is 0 Å². The Morgan fingerprint density at radius 3 is 2.87 bits per heavy atom. The van der Waals surface area contributed by atoms with Crippen LogP contribution in [0.3, 0.4) is 0 Å². The van der Waals surface area contributed by atoms with Crippen LogP contribution in [0.4, 0.5) is 14.9 Å². The van der Waals surface area contributed by atoms with Crippen LogP contribution in [0.25, 0.3) is 0 Å². The van der Waals surface area contributed by atoms with Gasteiger partial charge in [-0.2, -0.15) is 4.99 Å². The molecule has 5 nitrogen and oxygen atoms in total. The van der Waals surface area contributed by atoms with Gasteiger partial charge in [-0.1, -0.05) is 25.3 Å². The van der Waals surface area contributed by atoms with Crippen LogP contribution in [0.5, 0.6) is 0 Å². The van der Waals surface area contributed by atoms with E-state index in [2.05, 4.69) is 40.5 Å². The van der Waals surface area contributed by atoms with Crippen LogP contribution in [-0.4, -0.2) is 58.9 Å². The van der Waals surface area contributed by atoms with E-state index in [4.69, 9.17) is 0 Å². The Morgan fingerprint density at radius 2 is 2.16 bits per heavy atom. The third-order valence-electron chi connectivity index (χ3n) is 7.10. The van der Waals surface area contributed by atoms with E-state index in [9.17, 15) is 9.18 Å². The van der Waals surface area contributed by atoms with Crippen LogP contribution >= 0.6 is 0 Å². The van der Waals surface area contributed by atoms with E-state index < -0.39 is 5.54 Å². The van der Waals surface area contributed by atoms with E-state index >= 15 is 0 Å². The lowest BCUT2D eigenvalue weighted by atomic mass is 9.80. The Kier molecular flexibility index (Phi) is 6.34. The topological polar surface area (TPSA) is 39.1 Å². The average Bonchev–Trinajstić information content (AvgIpc) is 3.30. The van der Waals surface area contributed by atoms with Crippen LogP contribution in [0.2, 0.25) is 0 Å². The number of urea groups is 1. The molecule has 31 heavy (non-hydrogen) atoms. The lowest BCUT2D eigenvalue weighted by Gasteiger charge is -2.49. The molecular formula is C25H33FN4O.